The number of nitrogens with one attached hydrogen (secondary N) is 2. The fourth-order valence-electron chi connectivity index (χ4n) is 1.88. The van der Waals surface area contributed by atoms with Crippen LogP contribution in [0.4, 0.5) is 0 Å². The van der Waals surface area contributed by atoms with Crippen molar-refractivity contribution in [2.24, 2.45) is 0 Å². The lowest BCUT2D eigenvalue weighted by Crippen LogP contribution is -2.26. The van der Waals surface area contributed by atoms with Crippen LogP contribution < -0.4 is 4.72 Å². The Labute approximate surface area is 122 Å². The molecule has 1 heterocycles. The molecular weight excluding hydrogens is 292 g/mol. The van der Waals surface area contributed by atoms with Crippen LogP contribution in [0.3, 0.4) is 0 Å². The predicted molar refractivity (Wildman–Crippen MR) is 77.7 cm³/mol. The molecule has 0 amide bonds. The molecule has 2 rings (SSSR count). The Morgan fingerprint density at radius 2 is 1.90 bits per heavy atom. The lowest BCUT2D eigenvalue weighted by Gasteiger charge is -2.14. The molecule has 112 valence electrons. The molecule has 2 aromatic rings. The standard InChI is InChI=1S/C14H16N2O4S/c1-9-3-5-11(6-4-9)10(2)16-21(19,20)12-7-13(14(17)18)15-8-12/h3-8,10,15-16H,1-2H3,(H,17,18)/t10-/m1/s1. The van der Waals surface area contributed by atoms with Crippen LogP contribution in [0.1, 0.15) is 34.6 Å². The Bertz CT molecular complexity index is 748. The SMILES string of the molecule is Cc1ccc([C@@H](C)NS(=O)(=O)c2c[nH]c(C(=O)O)c2)cc1. The van der Waals surface area contributed by atoms with Gasteiger partial charge in [0, 0.05) is 12.2 Å². The maximum atomic E-state index is 12.2. The van der Waals surface area contributed by atoms with Crippen LogP contribution in [0.2, 0.25) is 0 Å². The average Bonchev–Trinajstić information content (AvgIpc) is 2.89. The molecule has 0 saturated heterocycles. The molecule has 21 heavy (non-hydrogen) atoms. The van der Waals surface area contributed by atoms with Gasteiger partial charge in [0.05, 0.1) is 0 Å². The predicted octanol–water partition coefficient (Wildman–Crippen LogP) is 2.06. The van der Waals surface area contributed by atoms with Crippen LogP contribution in [0.25, 0.3) is 0 Å². The smallest absolute Gasteiger partial charge is 0.352 e. The molecule has 0 bridgehead atoms. The van der Waals surface area contributed by atoms with Gasteiger partial charge in [0.25, 0.3) is 0 Å². The van der Waals surface area contributed by atoms with Crippen LogP contribution in [-0.4, -0.2) is 24.5 Å². The number of carbonyl (C=O) groups is 1. The van der Waals surface area contributed by atoms with Gasteiger partial charge < -0.3 is 10.1 Å². The molecule has 1 aromatic carbocycles. The van der Waals surface area contributed by atoms with Crippen molar-refractivity contribution < 1.29 is 18.3 Å². The molecule has 0 fully saturated rings. The largest absolute Gasteiger partial charge is 0.477 e. The molecule has 0 radical (unpaired) electrons. The Morgan fingerprint density at radius 3 is 2.43 bits per heavy atom. The quantitative estimate of drug-likeness (QED) is 0.787. The zero-order valence-corrected chi connectivity index (χ0v) is 12.4. The number of hydrogen-bond donors (Lipinski definition) is 3. The first-order chi connectivity index (χ1) is 9.79. The van der Waals surface area contributed by atoms with E-state index in [1.807, 2.05) is 31.2 Å². The number of aryl methyl sites for hydroxylation is 1. The summed E-state index contributed by atoms with van der Waals surface area (Å²) in [5.74, 6) is -1.21. The van der Waals surface area contributed by atoms with Crippen LogP contribution in [-0.2, 0) is 10.0 Å². The first-order valence-electron chi connectivity index (χ1n) is 6.30. The zero-order valence-electron chi connectivity index (χ0n) is 11.6. The summed E-state index contributed by atoms with van der Waals surface area (Å²) < 4.78 is 26.9. The molecule has 0 spiro atoms. The summed E-state index contributed by atoms with van der Waals surface area (Å²) in [7, 11) is -3.78. The molecule has 1 aromatic heterocycles. The second-order valence-electron chi connectivity index (χ2n) is 4.81. The van der Waals surface area contributed by atoms with Crippen LogP contribution in [0, 0.1) is 6.92 Å². The van der Waals surface area contributed by atoms with Gasteiger partial charge in [-0.3, -0.25) is 0 Å². The molecule has 1 atom stereocenters. The van der Waals surface area contributed by atoms with Gasteiger partial charge in [-0.2, -0.15) is 0 Å². The van der Waals surface area contributed by atoms with Gasteiger partial charge in [-0.15, -0.1) is 0 Å². The molecule has 0 aliphatic heterocycles. The molecular formula is C14H16N2O4S. The molecule has 0 aliphatic rings. The lowest BCUT2D eigenvalue weighted by atomic mass is 10.1. The highest BCUT2D eigenvalue weighted by atomic mass is 32.2. The maximum Gasteiger partial charge on any atom is 0.352 e. The molecule has 3 N–H and O–H groups in total. The fraction of sp³-hybridized carbons (Fsp3) is 0.214. The van der Waals surface area contributed by atoms with E-state index in [9.17, 15) is 13.2 Å². The zero-order chi connectivity index (χ0) is 15.6. The average molecular weight is 308 g/mol. The van der Waals surface area contributed by atoms with Crippen LogP contribution in [0.5, 0.6) is 0 Å². The van der Waals surface area contributed by atoms with Crippen molar-refractivity contribution in [3.63, 3.8) is 0 Å². The Morgan fingerprint density at radius 1 is 1.29 bits per heavy atom. The topological polar surface area (TPSA) is 99.3 Å². The minimum atomic E-state index is -3.78. The van der Waals surface area contributed by atoms with E-state index in [0.29, 0.717) is 0 Å². The third-order valence-corrected chi connectivity index (χ3v) is 4.63. The van der Waals surface area contributed by atoms with Gasteiger partial charge in [-0.1, -0.05) is 29.8 Å². The van der Waals surface area contributed by atoms with Crippen molar-refractivity contribution >= 4 is 16.0 Å². The van der Waals surface area contributed by atoms with Crippen molar-refractivity contribution in [1.29, 1.82) is 0 Å². The van der Waals surface area contributed by atoms with Crippen molar-refractivity contribution in [1.82, 2.24) is 9.71 Å². The highest BCUT2D eigenvalue weighted by Gasteiger charge is 2.21. The van der Waals surface area contributed by atoms with Crippen LogP contribution >= 0.6 is 0 Å². The Balaban J connectivity index is 2.20. The van der Waals surface area contributed by atoms with E-state index >= 15 is 0 Å². The molecule has 0 unspecified atom stereocenters. The molecule has 6 nitrogen and oxygen atoms in total. The molecule has 0 aliphatic carbocycles. The number of aromatic nitrogens is 1. The van der Waals surface area contributed by atoms with E-state index in [1.165, 1.54) is 0 Å². The number of aromatic carboxylic acids is 1. The van der Waals surface area contributed by atoms with Crippen molar-refractivity contribution in [3.05, 3.63) is 53.3 Å². The van der Waals surface area contributed by atoms with Crippen molar-refractivity contribution in [2.75, 3.05) is 0 Å². The first kappa shape index (κ1) is 15.3. The highest BCUT2D eigenvalue weighted by Crippen LogP contribution is 2.18. The summed E-state index contributed by atoms with van der Waals surface area (Å²) in [5.41, 5.74) is 1.75. The summed E-state index contributed by atoms with van der Waals surface area (Å²) in [6, 6.07) is 8.17. The second kappa shape index (κ2) is 5.71. The Kier molecular flexibility index (Phi) is 4.15. The number of carboxylic acids is 1. The van der Waals surface area contributed by atoms with E-state index in [2.05, 4.69) is 9.71 Å². The summed E-state index contributed by atoms with van der Waals surface area (Å²) in [4.78, 5) is 13.1. The first-order valence-corrected chi connectivity index (χ1v) is 7.78. The summed E-state index contributed by atoms with van der Waals surface area (Å²) in [5, 5.41) is 8.80. The van der Waals surface area contributed by atoms with E-state index in [-0.39, 0.29) is 10.6 Å². The van der Waals surface area contributed by atoms with E-state index in [0.717, 1.165) is 23.4 Å². The van der Waals surface area contributed by atoms with E-state index in [4.69, 9.17) is 5.11 Å². The minimum absolute atomic E-state index is 0.0983. The normalized spacial score (nSPS) is 13.0. The van der Waals surface area contributed by atoms with Crippen molar-refractivity contribution in [2.45, 2.75) is 24.8 Å². The summed E-state index contributed by atoms with van der Waals surface area (Å²) in [6.45, 7) is 3.68. The minimum Gasteiger partial charge on any atom is -0.477 e. The fourth-order valence-corrected chi connectivity index (χ4v) is 3.10. The number of carboxylic acid groups (broad SMARTS) is 1. The maximum absolute atomic E-state index is 12.2. The second-order valence-corrected chi connectivity index (χ2v) is 6.52. The van der Waals surface area contributed by atoms with Gasteiger partial charge in [-0.05, 0) is 25.5 Å². The third-order valence-electron chi connectivity index (χ3n) is 3.11. The van der Waals surface area contributed by atoms with Gasteiger partial charge in [-0.25, -0.2) is 17.9 Å². The Hall–Kier alpha value is -2.12. The molecule has 7 heteroatoms. The van der Waals surface area contributed by atoms with Crippen molar-refractivity contribution in [3.8, 4) is 0 Å². The number of aromatic amines is 1. The van der Waals surface area contributed by atoms with Gasteiger partial charge in [0.2, 0.25) is 10.0 Å². The number of H-pyrrole nitrogens is 1. The third kappa shape index (κ3) is 3.50. The monoisotopic (exact) mass is 308 g/mol. The van der Waals surface area contributed by atoms with Gasteiger partial charge >= 0.3 is 5.97 Å². The van der Waals surface area contributed by atoms with Crippen LogP contribution in [0.15, 0.2) is 41.4 Å². The summed E-state index contributed by atoms with van der Waals surface area (Å²) in [6.07, 6.45) is 1.16. The van der Waals surface area contributed by atoms with E-state index in [1.54, 1.807) is 6.92 Å². The number of benzene rings is 1. The number of sulfonamides is 1. The van der Waals surface area contributed by atoms with E-state index < -0.39 is 22.0 Å². The number of hydrogen-bond acceptors (Lipinski definition) is 3. The van der Waals surface area contributed by atoms with Gasteiger partial charge in [0.1, 0.15) is 10.6 Å². The number of rotatable bonds is 5. The highest BCUT2D eigenvalue weighted by molar-refractivity contribution is 7.89. The van der Waals surface area contributed by atoms with Gasteiger partial charge in [0.15, 0.2) is 0 Å². The summed E-state index contributed by atoms with van der Waals surface area (Å²) >= 11 is 0. The molecule has 0 saturated carbocycles. The lowest BCUT2D eigenvalue weighted by molar-refractivity contribution is 0.0691.